The summed E-state index contributed by atoms with van der Waals surface area (Å²) < 4.78 is 27.2. The average molecular weight is 396 g/mol. The molecule has 1 fully saturated rings. The van der Waals surface area contributed by atoms with Crippen LogP contribution in [0.15, 0.2) is 29.2 Å². The van der Waals surface area contributed by atoms with Crippen molar-refractivity contribution in [2.24, 2.45) is 5.92 Å². The Morgan fingerprint density at radius 3 is 2.41 bits per heavy atom. The molecule has 1 saturated heterocycles. The molecule has 1 N–H and O–H groups in total. The van der Waals surface area contributed by atoms with E-state index in [-0.39, 0.29) is 16.8 Å². The maximum Gasteiger partial charge on any atom is 0.251 e. The van der Waals surface area contributed by atoms with E-state index in [0.29, 0.717) is 37.7 Å². The molecule has 1 aromatic rings. The van der Waals surface area contributed by atoms with Gasteiger partial charge in [-0.1, -0.05) is 32.8 Å². The van der Waals surface area contributed by atoms with Gasteiger partial charge in [-0.2, -0.15) is 4.31 Å². The molecule has 6 nitrogen and oxygen atoms in total. The van der Waals surface area contributed by atoms with Crippen LogP contribution >= 0.6 is 0 Å². The molecular formula is C20H33N3O3S. The van der Waals surface area contributed by atoms with Crippen molar-refractivity contribution in [2.45, 2.75) is 51.0 Å². The van der Waals surface area contributed by atoms with Crippen LogP contribution in [0.2, 0.25) is 0 Å². The average Bonchev–Trinajstić information content (AvgIpc) is 2.62. The van der Waals surface area contributed by atoms with Crippen LogP contribution in [0, 0.1) is 5.92 Å². The molecule has 7 heteroatoms. The maximum atomic E-state index is 12.9. The fourth-order valence-corrected chi connectivity index (χ4v) is 4.66. The number of hydrogen-bond donors (Lipinski definition) is 1. The molecule has 1 unspecified atom stereocenters. The second-order valence-corrected chi connectivity index (χ2v) is 9.87. The number of likely N-dealkylation sites (N-methyl/N-ethyl adjacent to an activating group) is 1. The lowest BCUT2D eigenvalue weighted by Gasteiger charge is -2.31. The highest BCUT2D eigenvalue weighted by Gasteiger charge is 2.28. The number of amides is 1. The first kappa shape index (κ1) is 21.9. The van der Waals surface area contributed by atoms with Gasteiger partial charge in [0.25, 0.3) is 5.91 Å². The summed E-state index contributed by atoms with van der Waals surface area (Å²) in [5.41, 5.74) is 0.390. The Balaban J connectivity index is 2.02. The molecule has 0 aliphatic carbocycles. The number of rotatable bonds is 8. The van der Waals surface area contributed by atoms with Crippen LogP contribution in [0.1, 0.15) is 50.4 Å². The zero-order chi connectivity index (χ0) is 20.0. The molecule has 0 bridgehead atoms. The number of hydrogen-bond acceptors (Lipinski definition) is 4. The number of carbonyl (C=O) groups is 1. The van der Waals surface area contributed by atoms with Crippen molar-refractivity contribution in [3.05, 3.63) is 29.8 Å². The van der Waals surface area contributed by atoms with E-state index in [1.807, 2.05) is 14.0 Å². The van der Waals surface area contributed by atoms with E-state index in [4.69, 9.17) is 0 Å². The second-order valence-electron chi connectivity index (χ2n) is 7.93. The second kappa shape index (κ2) is 9.66. The largest absolute Gasteiger partial charge is 0.350 e. The summed E-state index contributed by atoms with van der Waals surface area (Å²) in [7, 11) is -1.58. The minimum absolute atomic E-state index is 0.0640. The van der Waals surface area contributed by atoms with Gasteiger partial charge < -0.3 is 10.2 Å². The summed E-state index contributed by atoms with van der Waals surface area (Å²) in [6.07, 6.45) is 3.12. The molecule has 1 heterocycles. The van der Waals surface area contributed by atoms with Gasteiger partial charge in [-0.05, 0) is 44.5 Å². The number of carbonyl (C=O) groups excluding carboxylic acids is 1. The third kappa shape index (κ3) is 6.30. The highest BCUT2D eigenvalue weighted by atomic mass is 32.2. The number of sulfonamides is 1. The molecule has 0 aromatic heterocycles. The van der Waals surface area contributed by atoms with E-state index in [1.165, 1.54) is 10.4 Å². The van der Waals surface area contributed by atoms with Gasteiger partial charge in [0, 0.05) is 37.8 Å². The summed E-state index contributed by atoms with van der Waals surface area (Å²) >= 11 is 0. The number of nitrogens with zero attached hydrogens (tertiary/aromatic N) is 2. The van der Waals surface area contributed by atoms with E-state index in [2.05, 4.69) is 24.1 Å². The number of piperazine rings is 1. The van der Waals surface area contributed by atoms with Crippen LogP contribution < -0.4 is 5.32 Å². The first-order valence-corrected chi connectivity index (χ1v) is 11.2. The van der Waals surface area contributed by atoms with Crippen molar-refractivity contribution < 1.29 is 13.2 Å². The SMILES string of the molecule is CC(C)CCCC(C)NC(=O)c1cccc(S(=O)(=O)N2CCN(C)CC2)c1. The predicted molar refractivity (Wildman–Crippen MR) is 108 cm³/mol. The molecule has 0 radical (unpaired) electrons. The van der Waals surface area contributed by atoms with Gasteiger partial charge in [0.05, 0.1) is 4.90 Å². The molecule has 27 heavy (non-hydrogen) atoms. The van der Waals surface area contributed by atoms with Gasteiger partial charge in [0.1, 0.15) is 0 Å². The van der Waals surface area contributed by atoms with Crippen LogP contribution in [-0.4, -0.2) is 62.8 Å². The monoisotopic (exact) mass is 395 g/mol. The van der Waals surface area contributed by atoms with Crippen molar-refractivity contribution in [2.75, 3.05) is 33.2 Å². The Kier molecular flexibility index (Phi) is 7.82. The normalized spacial score (nSPS) is 17.8. The standard InChI is InChI=1S/C20H33N3O3S/c1-16(2)7-5-8-17(3)21-20(24)18-9-6-10-19(15-18)27(25,26)23-13-11-22(4)12-14-23/h6,9-10,15-17H,5,7-8,11-14H2,1-4H3,(H,21,24). The van der Waals surface area contributed by atoms with Gasteiger partial charge in [-0.3, -0.25) is 4.79 Å². The Bertz CT molecular complexity index is 726. The van der Waals surface area contributed by atoms with Gasteiger partial charge in [-0.25, -0.2) is 8.42 Å². The summed E-state index contributed by atoms with van der Waals surface area (Å²) in [6, 6.07) is 6.43. The zero-order valence-corrected chi connectivity index (χ0v) is 17.8. The molecule has 0 spiro atoms. The first-order valence-electron chi connectivity index (χ1n) is 9.79. The number of benzene rings is 1. The van der Waals surface area contributed by atoms with Crippen molar-refractivity contribution in [1.29, 1.82) is 0 Å². The van der Waals surface area contributed by atoms with Crippen molar-refractivity contribution in [3.63, 3.8) is 0 Å². The lowest BCUT2D eigenvalue weighted by molar-refractivity contribution is 0.0937. The Morgan fingerprint density at radius 1 is 1.11 bits per heavy atom. The molecule has 1 amide bonds. The van der Waals surface area contributed by atoms with Crippen LogP contribution in [0.5, 0.6) is 0 Å². The van der Waals surface area contributed by atoms with E-state index in [1.54, 1.807) is 18.2 Å². The minimum Gasteiger partial charge on any atom is -0.350 e. The summed E-state index contributed by atoms with van der Waals surface area (Å²) in [5.74, 6) is 0.437. The minimum atomic E-state index is -3.57. The first-order chi connectivity index (χ1) is 12.7. The van der Waals surface area contributed by atoms with E-state index >= 15 is 0 Å². The quantitative estimate of drug-likeness (QED) is 0.734. The zero-order valence-electron chi connectivity index (χ0n) is 16.9. The van der Waals surface area contributed by atoms with Crippen molar-refractivity contribution >= 4 is 15.9 Å². The lowest BCUT2D eigenvalue weighted by atomic mass is 10.0. The van der Waals surface area contributed by atoms with Crippen LogP contribution in [0.4, 0.5) is 0 Å². The van der Waals surface area contributed by atoms with E-state index in [0.717, 1.165) is 19.3 Å². The fraction of sp³-hybridized carbons (Fsp3) is 0.650. The summed E-state index contributed by atoms with van der Waals surface area (Å²) in [4.78, 5) is 14.8. The van der Waals surface area contributed by atoms with E-state index in [9.17, 15) is 13.2 Å². The molecule has 0 saturated carbocycles. The molecule has 1 atom stereocenters. The molecule has 2 rings (SSSR count). The fourth-order valence-electron chi connectivity index (χ4n) is 3.19. The predicted octanol–water partition coefficient (Wildman–Crippen LogP) is 2.57. The molecule has 152 valence electrons. The molecule has 1 aliphatic rings. The van der Waals surface area contributed by atoms with Crippen LogP contribution in [0.3, 0.4) is 0 Å². The molecule has 1 aliphatic heterocycles. The van der Waals surface area contributed by atoms with Gasteiger partial charge in [-0.15, -0.1) is 0 Å². The summed E-state index contributed by atoms with van der Waals surface area (Å²) in [5, 5.41) is 2.98. The topological polar surface area (TPSA) is 69.7 Å². The summed E-state index contributed by atoms with van der Waals surface area (Å²) in [6.45, 7) is 8.75. The third-order valence-corrected chi connectivity index (χ3v) is 6.89. The molecular weight excluding hydrogens is 362 g/mol. The van der Waals surface area contributed by atoms with Gasteiger partial charge >= 0.3 is 0 Å². The van der Waals surface area contributed by atoms with Crippen LogP contribution in [0.25, 0.3) is 0 Å². The Labute approximate surface area is 164 Å². The third-order valence-electron chi connectivity index (χ3n) is 4.99. The lowest BCUT2D eigenvalue weighted by Crippen LogP contribution is -2.47. The van der Waals surface area contributed by atoms with Gasteiger partial charge in [0.15, 0.2) is 0 Å². The highest BCUT2D eigenvalue weighted by molar-refractivity contribution is 7.89. The Morgan fingerprint density at radius 2 is 1.78 bits per heavy atom. The molecule has 1 aromatic carbocycles. The van der Waals surface area contributed by atoms with Gasteiger partial charge in [0.2, 0.25) is 10.0 Å². The van der Waals surface area contributed by atoms with Crippen LogP contribution in [-0.2, 0) is 10.0 Å². The van der Waals surface area contributed by atoms with E-state index < -0.39 is 10.0 Å². The smallest absolute Gasteiger partial charge is 0.251 e. The maximum absolute atomic E-state index is 12.9. The van der Waals surface area contributed by atoms with Crippen molar-refractivity contribution in [3.8, 4) is 0 Å². The Hall–Kier alpha value is -1.44. The number of nitrogens with one attached hydrogen (secondary N) is 1. The highest BCUT2D eigenvalue weighted by Crippen LogP contribution is 2.19. The van der Waals surface area contributed by atoms with Crippen molar-refractivity contribution in [1.82, 2.24) is 14.5 Å².